The Morgan fingerprint density at radius 2 is 1.56 bits per heavy atom. The van der Waals surface area contributed by atoms with E-state index in [4.69, 9.17) is 4.74 Å². The van der Waals surface area contributed by atoms with E-state index >= 15 is 0 Å². The first-order valence-electron chi connectivity index (χ1n) is 9.16. The number of hydrogen-bond donors (Lipinski definition) is 2. The van der Waals surface area contributed by atoms with Gasteiger partial charge in [-0.2, -0.15) is 0 Å². The zero-order chi connectivity index (χ0) is 19.8. The summed E-state index contributed by atoms with van der Waals surface area (Å²) in [5.74, 6) is 0.736. The zero-order valence-corrected chi connectivity index (χ0v) is 16.4. The molecular formula is C22H28N2O3. The maximum Gasteiger partial charge on any atom is 0.222 e. The van der Waals surface area contributed by atoms with Gasteiger partial charge in [0.25, 0.3) is 0 Å². The lowest BCUT2D eigenvalue weighted by atomic mass is 9.95. The van der Waals surface area contributed by atoms with Crippen molar-refractivity contribution in [3.05, 3.63) is 65.7 Å². The van der Waals surface area contributed by atoms with Crippen LogP contribution in [0.15, 0.2) is 54.6 Å². The lowest BCUT2D eigenvalue weighted by Gasteiger charge is -2.25. The Kier molecular flexibility index (Phi) is 7.41. The molecule has 0 saturated heterocycles. The largest absolute Gasteiger partial charge is 0.497 e. The van der Waals surface area contributed by atoms with E-state index in [1.165, 1.54) is 6.92 Å². The molecule has 5 nitrogen and oxygen atoms in total. The molecule has 0 spiro atoms. The van der Waals surface area contributed by atoms with E-state index in [2.05, 4.69) is 24.5 Å². The van der Waals surface area contributed by atoms with E-state index in [9.17, 15) is 9.59 Å². The first-order valence-corrected chi connectivity index (χ1v) is 9.16. The van der Waals surface area contributed by atoms with Crippen molar-refractivity contribution < 1.29 is 14.3 Å². The highest BCUT2D eigenvalue weighted by Gasteiger charge is 2.22. The quantitative estimate of drug-likeness (QED) is 0.745. The van der Waals surface area contributed by atoms with Crippen molar-refractivity contribution in [2.75, 3.05) is 7.11 Å². The summed E-state index contributed by atoms with van der Waals surface area (Å²) in [6.45, 7) is 5.59. The van der Waals surface area contributed by atoms with Gasteiger partial charge in [-0.25, -0.2) is 0 Å². The number of carbonyl (C=O) groups excluding carboxylic acids is 2. The van der Waals surface area contributed by atoms with Crippen LogP contribution in [0.3, 0.4) is 0 Å². The Morgan fingerprint density at radius 1 is 0.926 bits per heavy atom. The summed E-state index contributed by atoms with van der Waals surface area (Å²) in [7, 11) is 1.63. The van der Waals surface area contributed by atoms with E-state index in [0.717, 1.165) is 16.9 Å². The SMILES string of the molecule is COc1ccc(C(NC(=O)CC(NC(C)=O)c2ccccc2)C(C)C)cc1. The highest BCUT2D eigenvalue weighted by Crippen LogP contribution is 2.25. The lowest BCUT2D eigenvalue weighted by molar-refractivity contribution is -0.123. The molecule has 0 fully saturated rings. The van der Waals surface area contributed by atoms with E-state index in [1.807, 2.05) is 54.6 Å². The maximum atomic E-state index is 12.7. The van der Waals surface area contributed by atoms with E-state index in [-0.39, 0.29) is 36.2 Å². The van der Waals surface area contributed by atoms with Crippen LogP contribution in [0.25, 0.3) is 0 Å². The average molecular weight is 368 g/mol. The maximum absolute atomic E-state index is 12.7. The average Bonchev–Trinajstić information content (AvgIpc) is 2.66. The van der Waals surface area contributed by atoms with E-state index < -0.39 is 0 Å². The Balaban J connectivity index is 2.12. The van der Waals surface area contributed by atoms with Crippen LogP contribution in [0.2, 0.25) is 0 Å². The molecular weight excluding hydrogens is 340 g/mol. The molecule has 2 amide bonds. The number of benzene rings is 2. The predicted octanol–water partition coefficient (Wildman–Crippen LogP) is 3.78. The summed E-state index contributed by atoms with van der Waals surface area (Å²) in [6.07, 6.45) is 0.184. The molecule has 0 aliphatic heterocycles. The van der Waals surface area contributed by atoms with Gasteiger partial charge in [-0.1, -0.05) is 56.3 Å². The van der Waals surface area contributed by atoms with Gasteiger partial charge in [0.15, 0.2) is 0 Å². The lowest BCUT2D eigenvalue weighted by Crippen LogP contribution is -2.36. The molecule has 27 heavy (non-hydrogen) atoms. The second kappa shape index (κ2) is 9.76. The van der Waals surface area contributed by atoms with Crippen molar-refractivity contribution in [2.45, 2.75) is 39.3 Å². The number of rotatable bonds is 8. The van der Waals surface area contributed by atoms with Crippen LogP contribution in [0.5, 0.6) is 5.75 Å². The van der Waals surface area contributed by atoms with Crippen LogP contribution in [0.4, 0.5) is 0 Å². The fourth-order valence-electron chi connectivity index (χ4n) is 3.05. The molecule has 2 N–H and O–H groups in total. The molecule has 0 aromatic heterocycles. The van der Waals surface area contributed by atoms with Gasteiger partial charge in [-0.3, -0.25) is 9.59 Å². The first-order chi connectivity index (χ1) is 12.9. The summed E-state index contributed by atoms with van der Waals surface area (Å²) < 4.78 is 5.20. The first kappa shape index (κ1) is 20.5. The normalized spacial score (nSPS) is 12.9. The molecule has 2 aromatic rings. The van der Waals surface area contributed by atoms with Crippen LogP contribution in [-0.4, -0.2) is 18.9 Å². The minimum atomic E-state index is -0.354. The van der Waals surface area contributed by atoms with Gasteiger partial charge in [0, 0.05) is 6.92 Å². The van der Waals surface area contributed by atoms with Crippen molar-refractivity contribution in [3.8, 4) is 5.75 Å². The van der Waals surface area contributed by atoms with Gasteiger partial charge in [-0.15, -0.1) is 0 Å². The third-order valence-corrected chi connectivity index (χ3v) is 4.43. The standard InChI is InChI=1S/C22H28N2O3/c1-15(2)22(18-10-12-19(27-4)13-11-18)24-21(26)14-20(23-16(3)25)17-8-6-5-7-9-17/h5-13,15,20,22H,14H2,1-4H3,(H,23,25)(H,24,26). The minimum absolute atomic E-state index is 0.105. The van der Waals surface area contributed by atoms with Crippen LogP contribution in [-0.2, 0) is 9.59 Å². The highest BCUT2D eigenvalue weighted by atomic mass is 16.5. The van der Waals surface area contributed by atoms with Crippen LogP contribution in [0.1, 0.15) is 50.4 Å². The molecule has 0 radical (unpaired) electrons. The molecule has 5 heteroatoms. The molecule has 144 valence electrons. The topological polar surface area (TPSA) is 67.4 Å². The van der Waals surface area contributed by atoms with Gasteiger partial charge >= 0.3 is 0 Å². The van der Waals surface area contributed by atoms with Crippen molar-refractivity contribution in [2.24, 2.45) is 5.92 Å². The second-order valence-corrected chi connectivity index (χ2v) is 6.93. The number of carbonyl (C=O) groups is 2. The third-order valence-electron chi connectivity index (χ3n) is 4.43. The summed E-state index contributed by atoms with van der Waals surface area (Å²) >= 11 is 0. The summed E-state index contributed by atoms with van der Waals surface area (Å²) in [5, 5.41) is 5.98. The molecule has 0 heterocycles. The molecule has 2 unspecified atom stereocenters. The van der Waals surface area contributed by atoms with Crippen LogP contribution in [0, 0.1) is 5.92 Å². The molecule has 0 saturated carbocycles. The third kappa shape index (κ3) is 6.13. The fraction of sp³-hybridized carbons (Fsp3) is 0.364. The zero-order valence-electron chi connectivity index (χ0n) is 16.4. The summed E-state index contributed by atoms with van der Waals surface area (Å²) in [5.41, 5.74) is 1.93. The number of hydrogen-bond acceptors (Lipinski definition) is 3. The highest BCUT2D eigenvalue weighted by molar-refractivity contribution is 5.79. The van der Waals surface area contributed by atoms with Gasteiger partial charge in [-0.05, 0) is 29.2 Å². The number of ether oxygens (including phenoxy) is 1. The monoisotopic (exact) mass is 368 g/mol. The molecule has 2 atom stereocenters. The van der Waals surface area contributed by atoms with Crippen LogP contribution < -0.4 is 15.4 Å². The molecule has 2 rings (SSSR count). The van der Waals surface area contributed by atoms with Gasteiger partial charge < -0.3 is 15.4 Å². The van der Waals surface area contributed by atoms with Crippen molar-refractivity contribution in [1.29, 1.82) is 0 Å². The van der Waals surface area contributed by atoms with Crippen molar-refractivity contribution >= 4 is 11.8 Å². The Labute approximate surface area is 161 Å². The van der Waals surface area contributed by atoms with Gasteiger partial charge in [0.1, 0.15) is 5.75 Å². The molecule has 2 aromatic carbocycles. The van der Waals surface area contributed by atoms with Crippen LogP contribution >= 0.6 is 0 Å². The Bertz CT molecular complexity index is 742. The van der Waals surface area contributed by atoms with Gasteiger partial charge in [0.2, 0.25) is 11.8 Å². The molecule has 0 bridgehead atoms. The number of amides is 2. The summed E-state index contributed by atoms with van der Waals surface area (Å²) in [6, 6.07) is 16.8. The Hall–Kier alpha value is -2.82. The smallest absolute Gasteiger partial charge is 0.222 e. The number of methoxy groups -OCH3 is 1. The van der Waals surface area contributed by atoms with Gasteiger partial charge in [0.05, 0.1) is 25.6 Å². The Morgan fingerprint density at radius 3 is 2.07 bits per heavy atom. The number of nitrogens with one attached hydrogen (secondary N) is 2. The van der Waals surface area contributed by atoms with E-state index in [0.29, 0.717) is 0 Å². The minimum Gasteiger partial charge on any atom is -0.497 e. The molecule has 0 aliphatic carbocycles. The predicted molar refractivity (Wildman–Crippen MR) is 106 cm³/mol. The molecule has 0 aliphatic rings. The summed E-state index contributed by atoms with van der Waals surface area (Å²) in [4.78, 5) is 24.3. The van der Waals surface area contributed by atoms with E-state index in [1.54, 1.807) is 7.11 Å². The van der Waals surface area contributed by atoms with Crippen molar-refractivity contribution in [3.63, 3.8) is 0 Å². The van der Waals surface area contributed by atoms with Crippen molar-refractivity contribution in [1.82, 2.24) is 10.6 Å². The second-order valence-electron chi connectivity index (χ2n) is 6.93. The fourth-order valence-corrected chi connectivity index (χ4v) is 3.05.